The monoisotopic (exact) mass is 256 g/mol. The van der Waals surface area contributed by atoms with Crippen molar-refractivity contribution in [1.29, 1.82) is 0 Å². The molecule has 0 aliphatic rings. The normalized spacial score (nSPS) is 11.0. The molecular formula is C16H36N2. The highest BCUT2D eigenvalue weighted by atomic mass is 14.9. The summed E-state index contributed by atoms with van der Waals surface area (Å²) in [6, 6.07) is 0. The van der Waals surface area contributed by atoms with Gasteiger partial charge in [0.15, 0.2) is 0 Å². The van der Waals surface area contributed by atoms with E-state index in [4.69, 9.17) is 0 Å². The van der Waals surface area contributed by atoms with Crippen molar-refractivity contribution in [3.05, 3.63) is 0 Å². The molecule has 0 aromatic rings. The molecule has 2 nitrogen and oxygen atoms in total. The van der Waals surface area contributed by atoms with E-state index in [1.165, 1.54) is 77.3 Å². The smallest absolute Gasteiger partial charge is 0.00767 e. The van der Waals surface area contributed by atoms with E-state index in [0.29, 0.717) is 0 Å². The van der Waals surface area contributed by atoms with Crippen molar-refractivity contribution in [2.75, 3.05) is 26.2 Å². The molecule has 0 rings (SSSR count). The zero-order chi connectivity index (χ0) is 13.3. The first-order chi connectivity index (χ1) is 8.91. The molecule has 0 amide bonds. The Morgan fingerprint density at radius 3 is 1.44 bits per heavy atom. The van der Waals surface area contributed by atoms with Crippen LogP contribution in [0.4, 0.5) is 0 Å². The fourth-order valence-electron chi connectivity index (χ4n) is 2.11. The standard InChI is InChI=1S/C16H36N2/c1-3-5-7-8-9-10-11-12-14-18-16-15-17-13-6-4-2/h17-18H,3-16H2,1-2H3. The van der Waals surface area contributed by atoms with Gasteiger partial charge in [0.2, 0.25) is 0 Å². The second-order valence-electron chi connectivity index (χ2n) is 5.33. The summed E-state index contributed by atoms with van der Waals surface area (Å²) < 4.78 is 0. The van der Waals surface area contributed by atoms with Crippen molar-refractivity contribution in [2.24, 2.45) is 0 Å². The summed E-state index contributed by atoms with van der Waals surface area (Å²) >= 11 is 0. The number of unbranched alkanes of at least 4 members (excludes halogenated alkanes) is 8. The molecule has 0 bridgehead atoms. The molecule has 0 aromatic carbocycles. The first-order valence-corrected chi connectivity index (χ1v) is 8.33. The zero-order valence-electron chi connectivity index (χ0n) is 12.9. The Hall–Kier alpha value is -0.0800. The highest BCUT2D eigenvalue weighted by molar-refractivity contribution is 4.53. The molecule has 2 N–H and O–H groups in total. The molecule has 0 saturated heterocycles. The minimum atomic E-state index is 1.12. The fraction of sp³-hybridized carbons (Fsp3) is 1.00. The van der Waals surface area contributed by atoms with Gasteiger partial charge in [0.1, 0.15) is 0 Å². The van der Waals surface area contributed by atoms with Crippen LogP contribution < -0.4 is 10.6 Å². The van der Waals surface area contributed by atoms with Crippen molar-refractivity contribution in [2.45, 2.75) is 78.1 Å². The second-order valence-corrected chi connectivity index (χ2v) is 5.33. The zero-order valence-corrected chi connectivity index (χ0v) is 12.9. The van der Waals surface area contributed by atoms with Crippen LogP contribution in [0.2, 0.25) is 0 Å². The van der Waals surface area contributed by atoms with Gasteiger partial charge in [-0.15, -0.1) is 0 Å². The van der Waals surface area contributed by atoms with Gasteiger partial charge in [-0.25, -0.2) is 0 Å². The first-order valence-electron chi connectivity index (χ1n) is 8.33. The fourth-order valence-corrected chi connectivity index (χ4v) is 2.11. The van der Waals surface area contributed by atoms with Crippen molar-refractivity contribution in [1.82, 2.24) is 10.6 Å². The van der Waals surface area contributed by atoms with Crippen LogP contribution in [0.3, 0.4) is 0 Å². The Balaban J connectivity index is 2.86. The minimum Gasteiger partial charge on any atom is -0.315 e. The van der Waals surface area contributed by atoms with E-state index in [2.05, 4.69) is 24.5 Å². The Morgan fingerprint density at radius 2 is 0.889 bits per heavy atom. The molecule has 110 valence electrons. The van der Waals surface area contributed by atoms with Gasteiger partial charge in [-0.05, 0) is 25.9 Å². The molecule has 0 radical (unpaired) electrons. The molecule has 0 atom stereocenters. The molecule has 18 heavy (non-hydrogen) atoms. The van der Waals surface area contributed by atoms with Crippen molar-refractivity contribution >= 4 is 0 Å². The lowest BCUT2D eigenvalue weighted by Gasteiger charge is -2.06. The van der Waals surface area contributed by atoms with Crippen LogP contribution in [0.5, 0.6) is 0 Å². The molecule has 0 fully saturated rings. The Kier molecular flexibility index (Phi) is 16.8. The summed E-state index contributed by atoms with van der Waals surface area (Å²) in [5, 5.41) is 6.97. The number of hydrogen-bond donors (Lipinski definition) is 2. The number of nitrogens with one attached hydrogen (secondary N) is 2. The van der Waals surface area contributed by atoms with Gasteiger partial charge in [0, 0.05) is 13.1 Å². The lowest BCUT2D eigenvalue weighted by Crippen LogP contribution is -2.28. The van der Waals surface area contributed by atoms with Crippen LogP contribution >= 0.6 is 0 Å². The summed E-state index contributed by atoms with van der Waals surface area (Å²) in [4.78, 5) is 0. The third-order valence-electron chi connectivity index (χ3n) is 3.39. The number of hydrogen-bond acceptors (Lipinski definition) is 2. The van der Waals surface area contributed by atoms with Gasteiger partial charge >= 0.3 is 0 Å². The summed E-state index contributed by atoms with van der Waals surface area (Å²) in [6.07, 6.45) is 13.9. The van der Waals surface area contributed by atoms with Crippen molar-refractivity contribution < 1.29 is 0 Å². The summed E-state index contributed by atoms with van der Waals surface area (Å²) in [7, 11) is 0. The number of rotatable bonds is 15. The highest BCUT2D eigenvalue weighted by Crippen LogP contribution is 2.07. The largest absolute Gasteiger partial charge is 0.315 e. The summed E-state index contributed by atoms with van der Waals surface area (Å²) in [5.74, 6) is 0. The Morgan fingerprint density at radius 1 is 0.444 bits per heavy atom. The van der Waals surface area contributed by atoms with Crippen LogP contribution in [0.15, 0.2) is 0 Å². The SMILES string of the molecule is CCCCCCCCCCNCCNCCCC. The topological polar surface area (TPSA) is 24.1 Å². The van der Waals surface area contributed by atoms with Crippen LogP contribution in [-0.4, -0.2) is 26.2 Å². The van der Waals surface area contributed by atoms with E-state index in [1.807, 2.05) is 0 Å². The first kappa shape index (κ1) is 17.9. The maximum atomic E-state index is 3.51. The molecule has 0 aliphatic carbocycles. The van der Waals surface area contributed by atoms with Gasteiger partial charge in [-0.2, -0.15) is 0 Å². The van der Waals surface area contributed by atoms with Crippen molar-refractivity contribution in [3.8, 4) is 0 Å². The average Bonchev–Trinajstić information content (AvgIpc) is 2.39. The molecule has 0 saturated carbocycles. The Bertz CT molecular complexity index is 121. The van der Waals surface area contributed by atoms with Crippen LogP contribution in [0, 0.1) is 0 Å². The highest BCUT2D eigenvalue weighted by Gasteiger charge is 1.92. The van der Waals surface area contributed by atoms with Gasteiger partial charge in [-0.1, -0.05) is 65.2 Å². The van der Waals surface area contributed by atoms with Crippen molar-refractivity contribution in [3.63, 3.8) is 0 Å². The van der Waals surface area contributed by atoms with E-state index in [0.717, 1.165) is 13.1 Å². The van der Waals surface area contributed by atoms with Gasteiger partial charge in [-0.3, -0.25) is 0 Å². The molecule has 0 aromatic heterocycles. The van der Waals surface area contributed by atoms with E-state index >= 15 is 0 Å². The molecule has 0 spiro atoms. The quantitative estimate of drug-likeness (QED) is 0.431. The maximum Gasteiger partial charge on any atom is 0.00767 e. The van der Waals surface area contributed by atoms with Crippen LogP contribution in [0.1, 0.15) is 78.1 Å². The van der Waals surface area contributed by atoms with E-state index < -0.39 is 0 Å². The predicted octanol–water partition coefficient (Wildman–Crippen LogP) is 4.11. The Labute approximate surface area is 115 Å². The predicted molar refractivity (Wildman–Crippen MR) is 83.3 cm³/mol. The lowest BCUT2D eigenvalue weighted by atomic mass is 10.1. The third kappa shape index (κ3) is 15.9. The third-order valence-corrected chi connectivity index (χ3v) is 3.39. The molecule has 2 heteroatoms. The molecular weight excluding hydrogens is 220 g/mol. The molecule has 0 aliphatic heterocycles. The molecule has 0 heterocycles. The average molecular weight is 256 g/mol. The van der Waals surface area contributed by atoms with Gasteiger partial charge in [0.25, 0.3) is 0 Å². The minimum absolute atomic E-state index is 1.12. The maximum absolute atomic E-state index is 3.51. The summed E-state index contributed by atoms with van der Waals surface area (Å²) in [6.45, 7) is 9.14. The van der Waals surface area contributed by atoms with E-state index in [-0.39, 0.29) is 0 Å². The van der Waals surface area contributed by atoms with Gasteiger partial charge in [0.05, 0.1) is 0 Å². The van der Waals surface area contributed by atoms with Crippen LogP contribution in [-0.2, 0) is 0 Å². The second kappa shape index (κ2) is 16.9. The van der Waals surface area contributed by atoms with E-state index in [1.54, 1.807) is 0 Å². The molecule has 0 unspecified atom stereocenters. The van der Waals surface area contributed by atoms with Crippen LogP contribution in [0.25, 0.3) is 0 Å². The lowest BCUT2D eigenvalue weighted by molar-refractivity contribution is 0.544. The van der Waals surface area contributed by atoms with Gasteiger partial charge < -0.3 is 10.6 Å². The summed E-state index contributed by atoms with van der Waals surface area (Å²) in [5.41, 5.74) is 0. The van der Waals surface area contributed by atoms with E-state index in [9.17, 15) is 0 Å².